The molecule has 0 radical (unpaired) electrons. The van der Waals surface area contributed by atoms with E-state index in [9.17, 15) is 4.79 Å². The zero-order chi connectivity index (χ0) is 23.9. The molecule has 2 fully saturated rings. The van der Waals surface area contributed by atoms with Gasteiger partial charge in [-0.05, 0) is 59.8 Å². The summed E-state index contributed by atoms with van der Waals surface area (Å²) in [6.45, 7) is 1.32. The van der Waals surface area contributed by atoms with Crippen molar-refractivity contribution < 1.29 is 9.53 Å². The first kappa shape index (κ1) is 22.6. The highest BCUT2D eigenvalue weighted by Gasteiger charge is 2.32. The molecule has 6 rings (SSSR count). The lowest BCUT2D eigenvalue weighted by molar-refractivity contribution is -0.125. The molecular weight excluding hydrogens is 534 g/mol. The number of aromatic nitrogens is 5. The van der Waals surface area contributed by atoms with E-state index in [1.54, 1.807) is 17.1 Å². The van der Waals surface area contributed by atoms with E-state index in [0.29, 0.717) is 34.4 Å². The number of pyridine rings is 1. The number of nitrogens with zero attached hydrogens (tertiary/aromatic N) is 5. The lowest BCUT2D eigenvalue weighted by atomic mass is 10.1. The number of benzene rings is 1. The number of amides is 1. The van der Waals surface area contributed by atoms with E-state index in [1.165, 1.54) is 0 Å². The van der Waals surface area contributed by atoms with Crippen molar-refractivity contribution in [1.29, 1.82) is 0 Å². The van der Waals surface area contributed by atoms with Gasteiger partial charge < -0.3 is 15.4 Å². The third-order valence-corrected chi connectivity index (χ3v) is 7.55. The molecule has 1 aromatic carbocycles. The minimum atomic E-state index is -0.00939. The van der Waals surface area contributed by atoms with Crippen LogP contribution >= 0.6 is 27.5 Å². The summed E-state index contributed by atoms with van der Waals surface area (Å²) in [6, 6.07) is 7.92. The van der Waals surface area contributed by atoms with Crippen LogP contribution in [0.5, 0.6) is 0 Å². The van der Waals surface area contributed by atoms with Gasteiger partial charge >= 0.3 is 0 Å². The number of fused-ring (bicyclic) bond motifs is 2. The Balaban J connectivity index is 1.23. The molecule has 0 bridgehead atoms. The second-order valence-electron chi connectivity index (χ2n) is 9.06. The molecule has 4 heterocycles. The predicted octanol–water partition coefficient (Wildman–Crippen LogP) is 4.27. The molecule has 3 atom stereocenters. The van der Waals surface area contributed by atoms with E-state index in [2.05, 4.69) is 41.6 Å². The van der Waals surface area contributed by atoms with E-state index < -0.39 is 0 Å². The molecule has 3 aromatic heterocycles. The number of hydrogen-bond donors (Lipinski definition) is 2. The van der Waals surface area contributed by atoms with Crippen molar-refractivity contribution in [2.75, 3.05) is 18.5 Å². The quantitative estimate of drug-likeness (QED) is 0.378. The van der Waals surface area contributed by atoms with E-state index in [0.717, 1.165) is 47.7 Å². The van der Waals surface area contributed by atoms with Crippen LogP contribution in [-0.2, 0) is 9.53 Å². The molecule has 1 aliphatic heterocycles. The van der Waals surface area contributed by atoms with Gasteiger partial charge in [-0.1, -0.05) is 17.7 Å². The van der Waals surface area contributed by atoms with Gasteiger partial charge in [-0.25, -0.2) is 9.67 Å². The van der Waals surface area contributed by atoms with Crippen LogP contribution in [0.15, 0.2) is 41.3 Å². The minimum Gasteiger partial charge on any atom is -0.379 e. The van der Waals surface area contributed by atoms with Crippen molar-refractivity contribution >= 4 is 61.3 Å². The number of hydrogen-bond acceptors (Lipinski definition) is 7. The first-order chi connectivity index (χ1) is 17.0. The number of ether oxygens (including phenoxy) is 1. The predicted molar refractivity (Wildman–Crippen MR) is 137 cm³/mol. The Hall–Kier alpha value is -2.82. The van der Waals surface area contributed by atoms with Crippen molar-refractivity contribution in [3.63, 3.8) is 0 Å². The maximum Gasteiger partial charge on any atom is 0.224 e. The van der Waals surface area contributed by atoms with Crippen molar-refractivity contribution in [3.05, 3.63) is 46.3 Å². The highest BCUT2D eigenvalue weighted by molar-refractivity contribution is 9.10. The fourth-order valence-corrected chi connectivity index (χ4v) is 5.58. The fourth-order valence-electron chi connectivity index (χ4n) is 4.87. The number of carbonyl (C=O) groups excluding carboxylic acids is 1. The molecular formula is C24H23BrClN7O2. The Morgan fingerprint density at radius 2 is 2.11 bits per heavy atom. The number of rotatable bonds is 5. The van der Waals surface area contributed by atoms with E-state index in [1.807, 2.05) is 24.3 Å². The third kappa shape index (κ3) is 4.46. The van der Waals surface area contributed by atoms with Gasteiger partial charge in [0.2, 0.25) is 11.9 Å². The number of halogens is 2. The van der Waals surface area contributed by atoms with Gasteiger partial charge in [0.15, 0.2) is 5.65 Å². The SMILES string of the molecule is O=C(NC1CCOC1)[C@@H]1CC[C@@H](Nc2ncc3c(Br)nn(-c4cc(Cl)c5ncccc5c4)c3n2)C1. The summed E-state index contributed by atoms with van der Waals surface area (Å²) in [5.41, 5.74) is 2.18. The number of nitrogens with one attached hydrogen (secondary N) is 2. The average Bonchev–Trinajstić information content (AvgIpc) is 3.60. The van der Waals surface area contributed by atoms with Gasteiger partial charge in [0.05, 0.1) is 34.3 Å². The summed E-state index contributed by atoms with van der Waals surface area (Å²) in [5.74, 6) is 0.616. The molecule has 2 N–H and O–H groups in total. The third-order valence-electron chi connectivity index (χ3n) is 6.68. The summed E-state index contributed by atoms with van der Waals surface area (Å²) in [6.07, 6.45) is 6.83. The molecule has 0 spiro atoms. The molecule has 1 aliphatic carbocycles. The number of anilines is 1. The Morgan fingerprint density at radius 3 is 2.97 bits per heavy atom. The molecule has 180 valence electrons. The van der Waals surface area contributed by atoms with Crippen molar-refractivity contribution in [3.8, 4) is 5.69 Å². The monoisotopic (exact) mass is 555 g/mol. The van der Waals surface area contributed by atoms with Gasteiger partial charge in [0.25, 0.3) is 0 Å². The minimum absolute atomic E-state index is 0.00939. The summed E-state index contributed by atoms with van der Waals surface area (Å²) in [5, 5.41) is 13.4. The fraction of sp³-hybridized carbons (Fsp3) is 0.375. The van der Waals surface area contributed by atoms with Gasteiger partial charge in [-0.15, -0.1) is 0 Å². The zero-order valence-electron chi connectivity index (χ0n) is 18.7. The molecule has 1 unspecified atom stereocenters. The summed E-state index contributed by atoms with van der Waals surface area (Å²) < 4.78 is 7.76. The van der Waals surface area contributed by atoms with E-state index in [4.69, 9.17) is 21.3 Å². The van der Waals surface area contributed by atoms with Crippen LogP contribution in [0, 0.1) is 5.92 Å². The maximum atomic E-state index is 12.6. The van der Waals surface area contributed by atoms with Crippen LogP contribution in [0.1, 0.15) is 25.7 Å². The smallest absolute Gasteiger partial charge is 0.224 e. The Kier molecular flexibility index (Phi) is 6.03. The van der Waals surface area contributed by atoms with Crippen molar-refractivity contribution in [2.24, 2.45) is 5.92 Å². The molecule has 9 nitrogen and oxygen atoms in total. The van der Waals surface area contributed by atoms with Crippen LogP contribution in [0.3, 0.4) is 0 Å². The van der Waals surface area contributed by atoms with Crippen molar-refractivity contribution in [1.82, 2.24) is 30.0 Å². The van der Waals surface area contributed by atoms with Gasteiger partial charge in [-0.3, -0.25) is 9.78 Å². The lowest BCUT2D eigenvalue weighted by Crippen LogP contribution is -2.38. The lowest BCUT2D eigenvalue weighted by Gasteiger charge is -2.16. The van der Waals surface area contributed by atoms with Crippen LogP contribution in [0.4, 0.5) is 5.95 Å². The molecule has 1 saturated heterocycles. The summed E-state index contributed by atoms with van der Waals surface area (Å²) >= 11 is 10.0. The van der Waals surface area contributed by atoms with Crippen LogP contribution in [-0.4, -0.2) is 55.9 Å². The van der Waals surface area contributed by atoms with Crippen molar-refractivity contribution in [2.45, 2.75) is 37.8 Å². The summed E-state index contributed by atoms with van der Waals surface area (Å²) in [4.78, 5) is 26.3. The van der Waals surface area contributed by atoms with Crippen LogP contribution in [0.25, 0.3) is 27.6 Å². The Morgan fingerprint density at radius 1 is 1.20 bits per heavy atom. The highest BCUT2D eigenvalue weighted by Crippen LogP contribution is 2.31. The average molecular weight is 557 g/mol. The first-order valence-electron chi connectivity index (χ1n) is 11.7. The van der Waals surface area contributed by atoms with Gasteiger partial charge in [0.1, 0.15) is 4.60 Å². The maximum absolute atomic E-state index is 12.6. The molecule has 1 amide bonds. The molecule has 4 aromatic rings. The molecule has 11 heteroatoms. The zero-order valence-corrected chi connectivity index (χ0v) is 21.1. The molecule has 35 heavy (non-hydrogen) atoms. The normalized spacial score (nSPS) is 22.2. The topological polar surface area (TPSA) is 107 Å². The van der Waals surface area contributed by atoms with Gasteiger partial charge in [0, 0.05) is 36.3 Å². The van der Waals surface area contributed by atoms with Gasteiger partial charge in [-0.2, -0.15) is 10.1 Å². The van der Waals surface area contributed by atoms with E-state index >= 15 is 0 Å². The number of carbonyl (C=O) groups is 1. The van der Waals surface area contributed by atoms with E-state index in [-0.39, 0.29) is 23.9 Å². The summed E-state index contributed by atoms with van der Waals surface area (Å²) in [7, 11) is 0. The Labute approximate surface area is 214 Å². The first-order valence-corrected chi connectivity index (χ1v) is 12.8. The second kappa shape index (κ2) is 9.33. The highest BCUT2D eigenvalue weighted by atomic mass is 79.9. The second-order valence-corrected chi connectivity index (χ2v) is 10.2. The molecule has 1 saturated carbocycles. The standard InChI is InChI=1S/C24H23BrClN7O2/c25-21-18-11-28-24(30-15-4-3-14(8-15)23(34)29-16-5-7-35-12-16)31-22(18)33(32-21)17-9-13-2-1-6-27-20(13)19(26)10-17/h1-2,6,9-11,14-16H,3-5,7-8,12H2,(H,29,34)(H,28,30,31)/t14-,15-,16?/m1/s1. The van der Waals surface area contributed by atoms with Crippen LogP contribution < -0.4 is 10.6 Å². The van der Waals surface area contributed by atoms with Crippen LogP contribution in [0.2, 0.25) is 5.02 Å². The Bertz CT molecular complexity index is 1420. The largest absolute Gasteiger partial charge is 0.379 e. The molecule has 2 aliphatic rings.